The quantitative estimate of drug-likeness (QED) is 0.671. The molecule has 0 aromatic heterocycles. The molecule has 0 spiro atoms. The molecular weight excluding hydrogens is 270 g/mol. The normalized spacial score (nSPS) is 11.6. The highest BCUT2D eigenvalue weighted by Crippen LogP contribution is 2.18. The highest BCUT2D eigenvalue weighted by Gasteiger charge is 2.39. The van der Waals surface area contributed by atoms with Crippen LogP contribution in [0.1, 0.15) is 26.3 Å². The molecule has 0 heterocycles. The molecule has 4 nitrogen and oxygen atoms in total. The summed E-state index contributed by atoms with van der Waals surface area (Å²) in [6.07, 6.45) is 0. The molecule has 1 N–H and O–H groups in total. The second-order valence-corrected chi connectivity index (χ2v) is 7.21. The lowest BCUT2D eigenvalue weighted by molar-refractivity contribution is 0.0722. The maximum atomic E-state index is 5.83. The van der Waals surface area contributed by atoms with Crippen LogP contribution in [0.5, 0.6) is 0 Å². The number of anilines is 1. The molecule has 0 saturated heterocycles. The Morgan fingerprint density at radius 1 is 0.950 bits per heavy atom. The molecule has 20 heavy (non-hydrogen) atoms. The average molecular weight is 297 g/mol. The summed E-state index contributed by atoms with van der Waals surface area (Å²) in [6, 6.07) is 9.03. The summed E-state index contributed by atoms with van der Waals surface area (Å²) in [6.45, 7) is 10.7. The van der Waals surface area contributed by atoms with Gasteiger partial charge in [-0.05, 0) is 39.3 Å². The Bertz CT molecular complexity index is 370. The van der Waals surface area contributed by atoms with Crippen LogP contribution in [0.4, 0.5) is 5.69 Å². The second-order valence-electron chi connectivity index (χ2n) is 4.47. The number of benzene rings is 1. The predicted octanol–water partition coefficient (Wildman–Crippen LogP) is 3.46. The second kappa shape index (κ2) is 9.13. The highest BCUT2D eigenvalue weighted by atomic mass is 28.4. The first-order valence-electron chi connectivity index (χ1n) is 7.38. The van der Waals surface area contributed by atoms with Crippen molar-refractivity contribution in [2.75, 3.05) is 31.7 Å². The molecule has 0 fully saturated rings. The van der Waals surface area contributed by atoms with Crippen molar-refractivity contribution in [3.8, 4) is 0 Å². The van der Waals surface area contributed by atoms with Crippen LogP contribution in [0.3, 0.4) is 0 Å². The number of hydrogen-bond donors (Lipinski definition) is 1. The van der Waals surface area contributed by atoms with Crippen molar-refractivity contribution in [1.82, 2.24) is 0 Å². The van der Waals surface area contributed by atoms with E-state index in [4.69, 9.17) is 13.3 Å². The zero-order valence-corrected chi connectivity index (χ0v) is 14.1. The Hall–Kier alpha value is -0.883. The number of nitrogens with one attached hydrogen (secondary N) is 1. The fourth-order valence-corrected chi connectivity index (χ4v) is 4.56. The van der Waals surface area contributed by atoms with Crippen LogP contribution in [-0.4, -0.2) is 35.2 Å². The van der Waals surface area contributed by atoms with Crippen LogP contribution >= 0.6 is 0 Å². The lowest BCUT2D eigenvalue weighted by atomic mass is 10.2. The van der Waals surface area contributed by atoms with E-state index < -0.39 is 8.80 Å². The number of rotatable bonds is 10. The van der Waals surface area contributed by atoms with Gasteiger partial charge in [-0.1, -0.05) is 18.2 Å². The molecule has 0 atom stereocenters. The fraction of sp³-hybridized carbons (Fsp3) is 0.600. The van der Waals surface area contributed by atoms with Crippen molar-refractivity contribution >= 4 is 14.5 Å². The average Bonchev–Trinajstić information content (AvgIpc) is 2.42. The first-order chi connectivity index (χ1) is 9.67. The highest BCUT2D eigenvalue weighted by molar-refractivity contribution is 6.60. The maximum absolute atomic E-state index is 5.83. The minimum atomic E-state index is -2.53. The molecule has 0 bridgehead atoms. The van der Waals surface area contributed by atoms with Crippen LogP contribution in [0.15, 0.2) is 24.3 Å². The summed E-state index contributed by atoms with van der Waals surface area (Å²) >= 11 is 0. The molecule has 0 aliphatic rings. The number of para-hydroxylation sites is 1. The third-order valence-electron chi connectivity index (χ3n) is 2.98. The van der Waals surface area contributed by atoms with Gasteiger partial charge in [-0.15, -0.1) is 0 Å². The lowest BCUT2D eigenvalue weighted by Gasteiger charge is -2.28. The Balaban J connectivity index is 2.59. The van der Waals surface area contributed by atoms with Crippen LogP contribution < -0.4 is 5.32 Å². The van der Waals surface area contributed by atoms with E-state index in [1.807, 2.05) is 32.9 Å². The first-order valence-corrected chi connectivity index (χ1v) is 9.32. The van der Waals surface area contributed by atoms with Crippen LogP contribution in [0, 0.1) is 6.92 Å². The van der Waals surface area contributed by atoms with Crippen LogP contribution in [0.2, 0.25) is 6.04 Å². The molecule has 114 valence electrons. The van der Waals surface area contributed by atoms with Gasteiger partial charge in [0.25, 0.3) is 0 Å². The topological polar surface area (TPSA) is 39.7 Å². The summed E-state index contributed by atoms with van der Waals surface area (Å²) in [5.74, 6) is 0. The molecule has 1 aromatic rings. The fourth-order valence-electron chi connectivity index (χ4n) is 2.12. The predicted molar refractivity (Wildman–Crippen MR) is 85.1 cm³/mol. The largest absolute Gasteiger partial charge is 0.502 e. The van der Waals surface area contributed by atoms with Gasteiger partial charge in [-0.3, -0.25) is 0 Å². The van der Waals surface area contributed by atoms with Crippen LogP contribution in [0.25, 0.3) is 0 Å². The Morgan fingerprint density at radius 3 is 2.00 bits per heavy atom. The molecule has 0 aliphatic carbocycles. The van der Waals surface area contributed by atoms with Gasteiger partial charge in [0.1, 0.15) is 0 Å². The van der Waals surface area contributed by atoms with Crippen molar-refractivity contribution in [3.63, 3.8) is 0 Å². The van der Waals surface area contributed by atoms with E-state index in [0.717, 1.165) is 18.3 Å². The summed E-state index contributed by atoms with van der Waals surface area (Å²) in [5, 5.41) is 3.44. The lowest BCUT2D eigenvalue weighted by Crippen LogP contribution is -2.47. The molecule has 0 saturated carbocycles. The van der Waals surface area contributed by atoms with Gasteiger partial charge in [-0.25, -0.2) is 0 Å². The van der Waals surface area contributed by atoms with E-state index in [1.165, 1.54) is 5.56 Å². The number of aryl methyl sites for hydroxylation is 1. The molecule has 1 aromatic carbocycles. The Morgan fingerprint density at radius 2 is 1.50 bits per heavy atom. The van der Waals surface area contributed by atoms with Crippen molar-refractivity contribution < 1.29 is 13.3 Å². The molecule has 0 unspecified atom stereocenters. The van der Waals surface area contributed by atoms with E-state index in [0.29, 0.717) is 19.8 Å². The number of hydrogen-bond acceptors (Lipinski definition) is 4. The van der Waals surface area contributed by atoms with Crippen molar-refractivity contribution in [2.24, 2.45) is 0 Å². The van der Waals surface area contributed by atoms with Gasteiger partial charge in [0.15, 0.2) is 0 Å². The van der Waals surface area contributed by atoms with E-state index in [1.54, 1.807) is 0 Å². The van der Waals surface area contributed by atoms with Crippen molar-refractivity contribution in [3.05, 3.63) is 29.8 Å². The molecule has 0 radical (unpaired) electrons. The van der Waals surface area contributed by atoms with E-state index in [9.17, 15) is 0 Å². The maximum Gasteiger partial charge on any atom is 0.502 e. The van der Waals surface area contributed by atoms with Crippen molar-refractivity contribution in [1.29, 1.82) is 0 Å². The minimum Gasteiger partial charge on any atom is -0.385 e. The summed E-state index contributed by atoms with van der Waals surface area (Å²) in [5.41, 5.74) is 2.39. The van der Waals surface area contributed by atoms with Gasteiger partial charge < -0.3 is 18.6 Å². The SMILES string of the molecule is CCO[Si](CCNc1ccccc1C)(OCC)OCC. The molecule has 5 heteroatoms. The van der Waals surface area contributed by atoms with E-state index in [2.05, 4.69) is 24.4 Å². The third-order valence-corrected chi connectivity index (χ3v) is 6.03. The zero-order valence-electron chi connectivity index (χ0n) is 13.1. The standard InChI is InChI=1S/C15H27NO3Si/c1-5-17-20(18-6-2,19-7-3)13-12-16-15-11-9-8-10-14(15)4/h8-11,16H,5-7,12-13H2,1-4H3. The van der Waals surface area contributed by atoms with Gasteiger partial charge >= 0.3 is 8.80 Å². The third kappa shape index (κ3) is 5.24. The summed E-state index contributed by atoms with van der Waals surface area (Å²) < 4.78 is 17.5. The van der Waals surface area contributed by atoms with Gasteiger partial charge in [0, 0.05) is 38.1 Å². The van der Waals surface area contributed by atoms with Gasteiger partial charge in [0.2, 0.25) is 0 Å². The molecule has 0 amide bonds. The smallest absolute Gasteiger partial charge is 0.385 e. The van der Waals surface area contributed by atoms with Crippen molar-refractivity contribution in [2.45, 2.75) is 33.7 Å². The zero-order chi connectivity index (χ0) is 14.8. The summed E-state index contributed by atoms with van der Waals surface area (Å²) in [4.78, 5) is 0. The molecular formula is C15H27NO3Si. The minimum absolute atomic E-state index is 0.622. The molecule has 0 aliphatic heterocycles. The van der Waals surface area contributed by atoms with Gasteiger partial charge in [0.05, 0.1) is 0 Å². The summed E-state index contributed by atoms with van der Waals surface area (Å²) in [7, 11) is -2.53. The van der Waals surface area contributed by atoms with Crippen LogP contribution in [-0.2, 0) is 13.3 Å². The molecule has 1 rings (SSSR count). The van der Waals surface area contributed by atoms with Gasteiger partial charge in [-0.2, -0.15) is 0 Å². The van der Waals surface area contributed by atoms with E-state index >= 15 is 0 Å². The Kier molecular flexibility index (Phi) is 7.83. The van der Waals surface area contributed by atoms with E-state index in [-0.39, 0.29) is 0 Å². The Labute approximate surface area is 123 Å². The first kappa shape index (κ1) is 17.2. The monoisotopic (exact) mass is 297 g/mol.